The first-order valence-electron chi connectivity index (χ1n) is 5.85. The van der Waals surface area contributed by atoms with E-state index in [9.17, 15) is 0 Å². The van der Waals surface area contributed by atoms with Gasteiger partial charge in [0.2, 0.25) is 0 Å². The molecule has 0 aliphatic carbocycles. The standard InChI is InChI=1S/C13H20N2O2S/c1-15(8-7-13(14)18)9-10-17-12-5-3-11(16-2)4-6-12/h3-6H,7-10H2,1-2H3,(H2,14,18). The fourth-order valence-electron chi connectivity index (χ4n) is 1.40. The van der Waals surface area contributed by atoms with E-state index in [0.29, 0.717) is 11.6 Å². The zero-order valence-electron chi connectivity index (χ0n) is 10.9. The third-order valence-corrected chi connectivity index (χ3v) is 2.75. The van der Waals surface area contributed by atoms with E-state index in [1.165, 1.54) is 0 Å². The van der Waals surface area contributed by atoms with Crippen molar-refractivity contribution < 1.29 is 9.47 Å². The van der Waals surface area contributed by atoms with Gasteiger partial charge in [-0.05, 0) is 31.3 Å². The van der Waals surface area contributed by atoms with Crippen molar-refractivity contribution in [1.82, 2.24) is 4.90 Å². The zero-order chi connectivity index (χ0) is 13.4. The van der Waals surface area contributed by atoms with Gasteiger partial charge in [-0.2, -0.15) is 0 Å². The van der Waals surface area contributed by atoms with Crippen LogP contribution < -0.4 is 15.2 Å². The Morgan fingerprint density at radius 2 is 1.83 bits per heavy atom. The minimum Gasteiger partial charge on any atom is -0.497 e. The van der Waals surface area contributed by atoms with E-state index in [0.717, 1.165) is 31.0 Å². The van der Waals surface area contributed by atoms with Gasteiger partial charge in [0.25, 0.3) is 0 Å². The maximum absolute atomic E-state index is 5.62. The topological polar surface area (TPSA) is 47.7 Å². The molecular formula is C13H20N2O2S. The lowest BCUT2D eigenvalue weighted by molar-refractivity contribution is 0.241. The van der Waals surface area contributed by atoms with Gasteiger partial charge in [0.1, 0.15) is 18.1 Å². The Kier molecular flexibility index (Phi) is 6.46. The molecule has 0 saturated heterocycles. The molecule has 0 unspecified atom stereocenters. The summed E-state index contributed by atoms with van der Waals surface area (Å²) < 4.78 is 10.7. The molecule has 5 heteroatoms. The van der Waals surface area contributed by atoms with Crippen molar-refractivity contribution >= 4 is 17.2 Å². The maximum Gasteiger partial charge on any atom is 0.119 e. The highest BCUT2D eigenvalue weighted by molar-refractivity contribution is 7.80. The van der Waals surface area contributed by atoms with Gasteiger partial charge < -0.3 is 20.1 Å². The molecule has 0 heterocycles. The minimum atomic E-state index is 0.554. The van der Waals surface area contributed by atoms with E-state index in [-0.39, 0.29) is 0 Å². The van der Waals surface area contributed by atoms with Crippen LogP contribution in [-0.2, 0) is 0 Å². The quantitative estimate of drug-likeness (QED) is 0.727. The summed E-state index contributed by atoms with van der Waals surface area (Å²) in [5.41, 5.74) is 5.45. The van der Waals surface area contributed by atoms with Crippen molar-refractivity contribution in [3.63, 3.8) is 0 Å². The first-order chi connectivity index (χ1) is 8.61. The molecule has 0 spiro atoms. The van der Waals surface area contributed by atoms with Gasteiger partial charge >= 0.3 is 0 Å². The normalized spacial score (nSPS) is 10.4. The predicted octanol–water partition coefficient (Wildman–Crippen LogP) is 1.68. The third kappa shape index (κ3) is 5.84. The average molecular weight is 268 g/mol. The van der Waals surface area contributed by atoms with Gasteiger partial charge in [-0.3, -0.25) is 0 Å². The van der Waals surface area contributed by atoms with Gasteiger partial charge in [0.15, 0.2) is 0 Å². The lowest BCUT2D eigenvalue weighted by Crippen LogP contribution is -2.27. The number of methoxy groups -OCH3 is 1. The van der Waals surface area contributed by atoms with Crippen LogP contribution in [0.15, 0.2) is 24.3 Å². The number of hydrogen-bond acceptors (Lipinski definition) is 4. The number of rotatable bonds is 8. The molecule has 1 aromatic rings. The molecule has 0 bridgehead atoms. The first-order valence-corrected chi connectivity index (χ1v) is 6.26. The molecule has 0 amide bonds. The summed E-state index contributed by atoms with van der Waals surface area (Å²) in [5.74, 6) is 1.68. The monoisotopic (exact) mass is 268 g/mol. The molecule has 4 nitrogen and oxygen atoms in total. The highest BCUT2D eigenvalue weighted by atomic mass is 32.1. The van der Waals surface area contributed by atoms with Crippen LogP contribution in [0.4, 0.5) is 0 Å². The molecule has 100 valence electrons. The second-order valence-electron chi connectivity index (χ2n) is 4.04. The summed E-state index contributed by atoms with van der Waals surface area (Å²) >= 11 is 4.83. The predicted molar refractivity (Wildman–Crippen MR) is 77.4 cm³/mol. The second kappa shape index (κ2) is 7.89. The van der Waals surface area contributed by atoms with E-state index in [1.54, 1.807) is 7.11 Å². The summed E-state index contributed by atoms with van der Waals surface area (Å²) in [6, 6.07) is 7.56. The molecule has 0 radical (unpaired) electrons. The smallest absolute Gasteiger partial charge is 0.119 e. The number of nitrogens with two attached hydrogens (primary N) is 1. The third-order valence-electron chi connectivity index (χ3n) is 2.54. The second-order valence-corrected chi connectivity index (χ2v) is 4.57. The molecule has 1 aromatic carbocycles. The summed E-state index contributed by atoms with van der Waals surface area (Å²) in [7, 11) is 3.67. The van der Waals surface area contributed by atoms with Crippen LogP contribution in [0.5, 0.6) is 11.5 Å². The highest BCUT2D eigenvalue weighted by Crippen LogP contribution is 2.16. The van der Waals surface area contributed by atoms with Crippen LogP contribution in [0.3, 0.4) is 0 Å². The number of thiocarbonyl (C=S) groups is 1. The highest BCUT2D eigenvalue weighted by Gasteiger charge is 2.00. The van der Waals surface area contributed by atoms with Gasteiger partial charge in [-0.1, -0.05) is 12.2 Å². The van der Waals surface area contributed by atoms with E-state index >= 15 is 0 Å². The maximum atomic E-state index is 5.62. The zero-order valence-corrected chi connectivity index (χ0v) is 11.7. The minimum absolute atomic E-state index is 0.554. The Morgan fingerprint density at radius 3 is 2.39 bits per heavy atom. The Bertz CT molecular complexity index is 368. The Balaban J connectivity index is 2.22. The van der Waals surface area contributed by atoms with Crippen LogP contribution in [-0.4, -0.2) is 43.7 Å². The average Bonchev–Trinajstić information content (AvgIpc) is 2.37. The van der Waals surface area contributed by atoms with Crippen LogP contribution >= 0.6 is 12.2 Å². The number of benzene rings is 1. The summed E-state index contributed by atoms with van der Waals surface area (Å²) in [6.07, 6.45) is 0.744. The fraction of sp³-hybridized carbons (Fsp3) is 0.462. The Morgan fingerprint density at radius 1 is 1.22 bits per heavy atom. The number of nitrogens with zero attached hydrogens (tertiary/aromatic N) is 1. The van der Waals surface area contributed by atoms with E-state index < -0.39 is 0 Å². The number of ether oxygens (including phenoxy) is 2. The van der Waals surface area contributed by atoms with Crippen molar-refractivity contribution in [1.29, 1.82) is 0 Å². The number of likely N-dealkylation sites (N-methyl/N-ethyl adjacent to an activating group) is 1. The van der Waals surface area contributed by atoms with E-state index in [1.807, 2.05) is 31.3 Å². The van der Waals surface area contributed by atoms with Crippen LogP contribution in [0.25, 0.3) is 0 Å². The molecular weight excluding hydrogens is 248 g/mol. The molecule has 18 heavy (non-hydrogen) atoms. The van der Waals surface area contributed by atoms with Crippen molar-refractivity contribution in [2.45, 2.75) is 6.42 Å². The van der Waals surface area contributed by atoms with Gasteiger partial charge in [-0.15, -0.1) is 0 Å². The van der Waals surface area contributed by atoms with Crippen molar-refractivity contribution in [3.8, 4) is 11.5 Å². The first kappa shape index (κ1) is 14.7. The van der Waals surface area contributed by atoms with Crippen molar-refractivity contribution in [3.05, 3.63) is 24.3 Å². The molecule has 1 rings (SSSR count). The molecule has 0 fully saturated rings. The molecule has 2 N–H and O–H groups in total. The molecule has 0 atom stereocenters. The lowest BCUT2D eigenvalue weighted by Gasteiger charge is -2.16. The van der Waals surface area contributed by atoms with E-state index in [4.69, 9.17) is 27.4 Å². The molecule has 0 aromatic heterocycles. The van der Waals surface area contributed by atoms with Crippen molar-refractivity contribution in [2.75, 3.05) is 33.9 Å². The van der Waals surface area contributed by atoms with Crippen molar-refractivity contribution in [2.24, 2.45) is 5.73 Å². The summed E-state index contributed by atoms with van der Waals surface area (Å²) in [4.78, 5) is 2.70. The van der Waals surface area contributed by atoms with Crippen LogP contribution in [0.1, 0.15) is 6.42 Å². The largest absolute Gasteiger partial charge is 0.497 e. The Labute approximate surface area is 114 Å². The summed E-state index contributed by atoms with van der Waals surface area (Å²) in [5, 5.41) is 0. The van der Waals surface area contributed by atoms with E-state index in [2.05, 4.69) is 4.90 Å². The van der Waals surface area contributed by atoms with Gasteiger partial charge in [0, 0.05) is 19.5 Å². The SMILES string of the molecule is COc1ccc(OCCN(C)CCC(N)=S)cc1. The van der Waals surface area contributed by atoms with Crippen LogP contribution in [0, 0.1) is 0 Å². The fourth-order valence-corrected chi connectivity index (χ4v) is 1.50. The van der Waals surface area contributed by atoms with Gasteiger partial charge in [-0.25, -0.2) is 0 Å². The van der Waals surface area contributed by atoms with Crippen LogP contribution in [0.2, 0.25) is 0 Å². The summed E-state index contributed by atoms with van der Waals surface area (Å²) in [6.45, 7) is 2.34. The lowest BCUT2D eigenvalue weighted by atomic mass is 10.3. The molecule has 0 aliphatic rings. The van der Waals surface area contributed by atoms with Gasteiger partial charge in [0.05, 0.1) is 12.1 Å². The number of hydrogen-bond donors (Lipinski definition) is 1. The Hall–Kier alpha value is -1.33. The molecule has 0 aliphatic heterocycles. The molecule has 0 saturated carbocycles.